The summed E-state index contributed by atoms with van der Waals surface area (Å²) < 4.78 is 7.73. The summed E-state index contributed by atoms with van der Waals surface area (Å²) in [5.41, 5.74) is 0.0380. The minimum Gasteiger partial charge on any atom is -0.497 e. The van der Waals surface area contributed by atoms with Crippen molar-refractivity contribution in [3.05, 3.63) is 62.9 Å². The van der Waals surface area contributed by atoms with E-state index in [-0.39, 0.29) is 24.5 Å². The van der Waals surface area contributed by atoms with Crippen LogP contribution in [0.15, 0.2) is 46.1 Å². The minimum absolute atomic E-state index is 0.116. The van der Waals surface area contributed by atoms with Gasteiger partial charge in [-0.1, -0.05) is 25.0 Å². The lowest BCUT2D eigenvalue weighted by molar-refractivity contribution is -0.122. The Morgan fingerprint density at radius 3 is 2.48 bits per heavy atom. The molecule has 1 saturated carbocycles. The van der Waals surface area contributed by atoms with E-state index in [2.05, 4.69) is 5.32 Å². The van der Waals surface area contributed by atoms with Gasteiger partial charge in [0.2, 0.25) is 5.91 Å². The van der Waals surface area contributed by atoms with Gasteiger partial charge in [0, 0.05) is 18.3 Å². The highest BCUT2D eigenvalue weighted by atomic mass is 16.5. The van der Waals surface area contributed by atoms with Gasteiger partial charge in [-0.2, -0.15) is 0 Å². The average molecular weight is 371 g/mol. The van der Waals surface area contributed by atoms with Crippen molar-refractivity contribution in [3.8, 4) is 5.75 Å². The third-order valence-electron chi connectivity index (χ3n) is 5.11. The lowest BCUT2D eigenvalue weighted by Gasteiger charge is -2.17. The molecule has 144 valence electrons. The second kappa shape index (κ2) is 8.24. The number of hydrogen-bond donors (Lipinski definition) is 1. The standard InChI is InChI=1S/C20H25N3O4/c1-14(15-7-9-17(27-2)10-8-15)21-18(24)13-23-19(25)11-12-22(20(23)26)16-5-3-4-6-16/h7-12,14,16H,3-6,13H2,1-2H3,(H,21,24). The number of ether oxygens (including phenoxy) is 1. The van der Waals surface area contributed by atoms with Crippen molar-refractivity contribution in [3.63, 3.8) is 0 Å². The molecular formula is C20H25N3O4. The lowest BCUT2D eigenvalue weighted by Crippen LogP contribution is -2.44. The quantitative estimate of drug-likeness (QED) is 0.842. The molecule has 0 radical (unpaired) electrons. The number of benzene rings is 1. The largest absolute Gasteiger partial charge is 0.497 e. The van der Waals surface area contributed by atoms with Gasteiger partial charge in [-0.05, 0) is 37.5 Å². The molecule has 1 amide bonds. The van der Waals surface area contributed by atoms with Crippen molar-refractivity contribution < 1.29 is 9.53 Å². The number of methoxy groups -OCH3 is 1. The topological polar surface area (TPSA) is 82.3 Å². The second-order valence-corrected chi connectivity index (χ2v) is 6.93. The fourth-order valence-electron chi connectivity index (χ4n) is 3.54. The summed E-state index contributed by atoms with van der Waals surface area (Å²) in [5, 5.41) is 2.84. The van der Waals surface area contributed by atoms with Gasteiger partial charge in [0.25, 0.3) is 5.56 Å². The predicted octanol–water partition coefficient (Wildman–Crippen LogP) is 2.01. The van der Waals surface area contributed by atoms with E-state index in [4.69, 9.17) is 4.74 Å². The summed E-state index contributed by atoms with van der Waals surface area (Å²) in [7, 11) is 1.59. The van der Waals surface area contributed by atoms with Crippen molar-refractivity contribution in [1.82, 2.24) is 14.5 Å². The van der Waals surface area contributed by atoms with Gasteiger partial charge in [0.15, 0.2) is 0 Å². The molecule has 1 aromatic heterocycles. The first-order valence-corrected chi connectivity index (χ1v) is 9.25. The molecule has 0 aliphatic heterocycles. The molecule has 1 fully saturated rings. The van der Waals surface area contributed by atoms with E-state index in [1.54, 1.807) is 17.9 Å². The second-order valence-electron chi connectivity index (χ2n) is 6.93. The highest BCUT2D eigenvalue weighted by Crippen LogP contribution is 2.27. The van der Waals surface area contributed by atoms with Crippen LogP contribution in [0.5, 0.6) is 5.75 Å². The first kappa shape index (κ1) is 18.9. The molecule has 2 aromatic rings. The van der Waals surface area contributed by atoms with Crippen LogP contribution in [0, 0.1) is 0 Å². The number of carbonyl (C=O) groups excluding carboxylic acids is 1. The van der Waals surface area contributed by atoms with Gasteiger partial charge in [-0.15, -0.1) is 0 Å². The fourth-order valence-corrected chi connectivity index (χ4v) is 3.54. The molecular weight excluding hydrogens is 346 g/mol. The molecule has 7 heteroatoms. The number of aromatic nitrogens is 2. The van der Waals surface area contributed by atoms with E-state index in [1.807, 2.05) is 31.2 Å². The third-order valence-corrected chi connectivity index (χ3v) is 5.11. The Balaban J connectivity index is 1.72. The van der Waals surface area contributed by atoms with Crippen molar-refractivity contribution in [2.45, 2.75) is 51.2 Å². The van der Waals surface area contributed by atoms with E-state index in [0.717, 1.165) is 41.6 Å². The molecule has 0 spiro atoms. The number of amides is 1. The zero-order chi connectivity index (χ0) is 19.4. The molecule has 1 aliphatic carbocycles. The van der Waals surface area contributed by atoms with Crippen LogP contribution >= 0.6 is 0 Å². The number of nitrogens with one attached hydrogen (secondary N) is 1. The summed E-state index contributed by atoms with van der Waals surface area (Å²) in [4.78, 5) is 37.2. The Morgan fingerprint density at radius 1 is 1.19 bits per heavy atom. The smallest absolute Gasteiger partial charge is 0.331 e. The number of rotatable bonds is 6. The van der Waals surface area contributed by atoms with Gasteiger partial charge in [-0.25, -0.2) is 4.79 Å². The monoisotopic (exact) mass is 371 g/mol. The molecule has 0 bridgehead atoms. The summed E-state index contributed by atoms with van der Waals surface area (Å²) in [6.07, 6.45) is 5.57. The van der Waals surface area contributed by atoms with E-state index in [1.165, 1.54) is 6.07 Å². The molecule has 1 N–H and O–H groups in total. The van der Waals surface area contributed by atoms with Crippen molar-refractivity contribution in [2.75, 3.05) is 7.11 Å². The number of carbonyl (C=O) groups is 1. The van der Waals surface area contributed by atoms with Crippen LogP contribution in [0.1, 0.15) is 50.3 Å². The van der Waals surface area contributed by atoms with Gasteiger partial charge in [-0.3, -0.25) is 18.7 Å². The number of nitrogens with zero attached hydrogens (tertiary/aromatic N) is 2. The maximum absolute atomic E-state index is 12.7. The van der Waals surface area contributed by atoms with Crippen molar-refractivity contribution >= 4 is 5.91 Å². The maximum Gasteiger partial charge on any atom is 0.331 e. The van der Waals surface area contributed by atoms with E-state index in [0.29, 0.717) is 0 Å². The summed E-state index contributed by atoms with van der Waals surface area (Å²) >= 11 is 0. The molecule has 1 atom stereocenters. The summed E-state index contributed by atoms with van der Waals surface area (Å²) in [5.74, 6) is 0.363. The van der Waals surface area contributed by atoms with Crippen LogP contribution in [0.4, 0.5) is 0 Å². The van der Waals surface area contributed by atoms with Crippen LogP contribution in [-0.4, -0.2) is 22.2 Å². The molecule has 1 aliphatic rings. The van der Waals surface area contributed by atoms with E-state index in [9.17, 15) is 14.4 Å². The normalized spacial score (nSPS) is 15.5. The first-order chi connectivity index (χ1) is 13.0. The van der Waals surface area contributed by atoms with Crippen LogP contribution in [0.3, 0.4) is 0 Å². The Bertz CT molecular complexity index is 908. The molecule has 27 heavy (non-hydrogen) atoms. The zero-order valence-corrected chi connectivity index (χ0v) is 15.7. The molecule has 0 saturated heterocycles. The fraction of sp³-hybridized carbons (Fsp3) is 0.450. The van der Waals surface area contributed by atoms with Gasteiger partial charge < -0.3 is 10.1 Å². The van der Waals surface area contributed by atoms with E-state index < -0.39 is 11.2 Å². The summed E-state index contributed by atoms with van der Waals surface area (Å²) in [6, 6.07) is 8.60. The molecule has 3 rings (SSSR count). The Kier molecular flexibility index (Phi) is 5.78. The van der Waals surface area contributed by atoms with Crippen LogP contribution in [0.2, 0.25) is 0 Å². The maximum atomic E-state index is 12.7. The Hall–Kier alpha value is -2.83. The molecule has 1 heterocycles. The van der Waals surface area contributed by atoms with Crippen LogP contribution in [0.25, 0.3) is 0 Å². The van der Waals surface area contributed by atoms with Crippen LogP contribution < -0.4 is 21.3 Å². The molecule has 7 nitrogen and oxygen atoms in total. The van der Waals surface area contributed by atoms with Gasteiger partial charge >= 0.3 is 5.69 Å². The zero-order valence-electron chi connectivity index (χ0n) is 15.7. The van der Waals surface area contributed by atoms with E-state index >= 15 is 0 Å². The van der Waals surface area contributed by atoms with Gasteiger partial charge in [0.1, 0.15) is 12.3 Å². The van der Waals surface area contributed by atoms with Crippen molar-refractivity contribution in [2.24, 2.45) is 0 Å². The highest BCUT2D eigenvalue weighted by molar-refractivity contribution is 5.76. The first-order valence-electron chi connectivity index (χ1n) is 9.25. The third kappa shape index (κ3) is 4.30. The Morgan fingerprint density at radius 2 is 1.85 bits per heavy atom. The SMILES string of the molecule is COc1ccc(C(C)NC(=O)Cn2c(=O)ccn(C3CCCC3)c2=O)cc1. The van der Waals surface area contributed by atoms with Gasteiger partial charge in [0.05, 0.1) is 13.2 Å². The number of hydrogen-bond acceptors (Lipinski definition) is 4. The highest BCUT2D eigenvalue weighted by Gasteiger charge is 2.20. The average Bonchev–Trinajstić information content (AvgIpc) is 3.19. The summed E-state index contributed by atoms with van der Waals surface area (Å²) in [6.45, 7) is 1.57. The lowest BCUT2D eigenvalue weighted by atomic mass is 10.1. The predicted molar refractivity (Wildman–Crippen MR) is 102 cm³/mol. The van der Waals surface area contributed by atoms with Crippen molar-refractivity contribution in [1.29, 1.82) is 0 Å². The Labute approximate surface area is 157 Å². The molecule has 1 aromatic carbocycles. The molecule has 1 unspecified atom stereocenters. The van der Waals surface area contributed by atoms with Crippen LogP contribution in [-0.2, 0) is 11.3 Å². The minimum atomic E-state index is -0.457.